The second kappa shape index (κ2) is 8.70. The Balaban J connectivity index is 1.49. The topological polar surface area (TPSA) is 95.4 Å². The number of aromatic nitrogens is 1. The molecule has 3 aliphatic rings. The number of amides is 1. The average molecular weight is 508 g/mol. The van der Waals surface area contributed by atoms with Crippen LogP contribution in [-0.4, -0.2) is 37.8 Å². The predicted molar refractivity (Wildman–Crippen MR) is 137 cm³/mol. The van der Waals surface area contributed by atoms with Crippen molar-refractivity contribution < 1.29 is 13.6 Å². The number of carbonyl (C=O) groups excluding carboxylic acids is 1. The normalized spacial score (nSPS) is 31.4. The number of nitriles is 1. The molecule has 1 aliphatic carbocycles. The highest BCUT2D eigenvalue weighted by Crippen LogP contribution is 2.67. The number of fused-ring (bicyclic) bond motifs is 1. The average Bonchev–Trinajstić information content (AvgIpc) is 3.52. The summed E-state index contributed by atoms with van der Waals surface area (Å²) in [5, 5.41) is 9.17. The van der Waals surface area contributed by atoms with E-state index in [-0.39, 0.29) is 40.3 Å². The van der Waals surface area contributed by atoms with Crippen LogP contribution in [0.2, 0.25) is 0 Å². The lowest BCUT2D eigenvalue weighted by Gasteiger charge is -2.37. The Morgan fingerprint density at radius 3 is 2.64 bits per heavy atom. The highest BCUT2D eigenvalue weighted by atomic mass is 32.2. The minimum absolute atomic E-state index is 0.0495. The smallest absolute Gasteiger partial charge is 0.240 e. The molecular formula is C27H27F2N5OS. The number of amidine groups is 1. The number of likely N-dealkylation sites (tertiary alicyclic amines) is 1. The van der Waals surface area contributed by atoms with E-state index in [9.17, 15) is 9.18 Å². The summed E-state index contributed by atoms with van der Waals surface area (Å²) < 4.78 is 29.4. The zero-order chi connectivity index (χ0) is 25.8. The van der Waals surface area contributed by atoms with E-state index in [0.29, 0.717) is 17.5 Å². The fourth-order valence-electron chi connectivity index (χ4n) is 5.71. The first-order valence-corrected chi connectivity index (χ1v) is 12.8. The van der Waals surface area contributed by atoms with Crippen LogP contribution in [-0.2, 0) is 10.3 Å². The summed E-state index contributed by atoms with van der Waals surface area (Å²) in [6.07, 6.45) is 5.03. The SMILES string of the molecule is C[C@@H]1CC[C@@H](C)N1C(=O)[C@]12C[C@H]1[C@@](C)(c1cc(/C=C(\F)c3ccc(C#N)cn3)ccc1F)N=C(N)S2. The number of hydrogen-bond acceptors (Lipinski definition) is 6. The number of hydrogen-bond donors (Lipinski definition) is 1. The number of thioether (sulfide) groups is 1. The van der Waals surface area contributed by atoms with Gasteiger partial charge in [0.2, 0.25) is 5.91 Å². The van der Waals surface area contributed by atoms with Crippen LogP contribution in [0.15, 0.2) is 41.5 Å². The van der Waals surface area contributed by atoms with Crippen molar-refractivity contribution in [2.45, 2.75) is 62.4 Å². The molecule has 5 rings (SSSR count). The minimum Gasteiger partial charge on any atom is -0.378 e. The van der Waals surface area contributed by atoms with Crippen molar-refractivity contribution in [3.63, 3.8) is 0 Å². The van der Waals surface area contributed by atoms with Crippen molar-refractivity contribution in [1.29, 1.82) is 5.26 Å². The minimum atomic E-state index is -1.06. The number of nitrogens with two attached hydrogens (primary N) is 1. The third kappa shape index (κ3) is 3.88. The molecule has 0 spiro atoms. The molecule has 1 aromatic heterocycles. The second-order valence-electron chi connectivity index (χ2n) is 10.1. The quantitative estimate of drug-likeness (QED) is 0.629. The van der Waals surface area contributed by atoms with Gasteiger partial charge >= 0.3 is 0 Å². The van der Waals surface area contributed by atoms with E-state index in [4.69, 9.17) is 11.0 Å². The summed E-state index contributed by atoms with van der Waals surface area (Å²) in [7, 11) is 0. The Morgan fingerprint density at radius 2 is 2.00 bits per heavy atom. The van der Waals surface area contributed by atoms with Gasteiger partial charge in [-0.1, -0.05) is 17.8 Å². The van der Waals surface area contributed by atoms with Gasteiger partial charge in [-0.2, -0.15) is 5.26 Å². The van der Waals surface area contributed by atoms with Crippen LogP contribution < -0.4 is 5.73 Å². The molecule has 2 aliphatic heterocycles. The van der Waals surface area contributed by atoms with Crippen molar-refractivity contribution in [2.75, 3.05) is 0 Å². The van der Waals surface area contributed by atoms with Gasteiger partial charge in [-0.15, -0.1) is 0 Å². The number of nitrogens with zero attached hydrogens (tertiary/aromatic N) is 4. The zero-order valence-corrected chi connectivity index (χ0v) is 21.1. The largest absolute Gasteiger partial charge is 0.378 e. The Morgan fingerprint density at radius 1 is 1.28 bits per heavy atom. The molecule has 2 N–H and O–H groups in total. The molecule has 2 aromatic rings. The van der Waals surface area contributed by atoms with Crippen LogP contribution in [0.1, 0.15) is 62.4 Å². The van der Waals surface area contributed by atoms with E-state index in [1.807, 2.05) is 11.0 Å². The molecule has 3 heterocycles. The molecule has 2 fully saturated rings. The Hall–Kier alpha value is -3.25. The fourth-order valence-corrected chi connectivity index (χ4v) is 7.13. The third-order valence-electron chi connectivity index (χ3n) is 7.73. The summed E-state index contributed by atoms with van der Waals surface area (Å²) in [4.78, 5) is 24.3. The number of rotatable bonds is 4. The highest BCUT2D eigenvalue weighted by Gasteiger charge is 2.72. The number of aliphatic imine (C=N–C) groups is 1. The maximum absolute atomic E-state index is 15.2. The van der Waals surface area contributed by atoms with Crippen molar-refractivity contribution >= 4 is 34.7 Å². The summed E-state index contributed by atoms with van der Waals surface area (Å²) in [5.41, 5.74) is 6.29. The molecule has 1 aromatic carbocycles. The third-order valence-corrected chi connectivity index (χ3v) is 9.02. The van der Waals surface area contributed by atoms with Crippen molar-refractivity contribution in [1.82, 2.24) is 9.88 Å². The zero-order valence-electron chi connectivity index (χ0n) is 20.3. The van der Waals surface area contributed by atoms with Gasteiger partial charge in [-0.3, -0.25) is 14.8 Å². The molecule has 0 bridgehead atoms. The van der Waals surface area contributed by atoms with Gasteiger partial charge in [0.15, 0.2) is 5.17 Å². The molecule has 0 radical (unpaired) electrons. The molecule has 36 heavy (non-hydrogen) atoms. The molecule has 1 saturated heterocycles. The summed E-state index contributed by atoms with van der Waals surface area (Å²) in [6, 6.07) is 9.49. The van der Waals surface area contributed by atoms with Crippen LogP contribution >= 0.6 is 11.8 Å². The first-order chi connectivity index (χ1) is 17.1. The number of benzene rings is 1. The summed E-state index contributed by atoms with van der Waals surface area (Å²) in [6.45, 7) is 5.93. The van der Waals surface area contributed by atoms with E-state index in [0.717, 1.165) is 12.8 Å². The number of carbonyl (C=O) groups is 1. The first-order valence-electron chi connectivity index (χ1n) is 12.0. The van der Waals surface area contributed by atoms with Gasteiger partial charge in [0.25, 0.3) is 0 Å². The van der Waals surface area contributed by atoms with Gasteiger partial charge < -0.3 is 10.6 Å². The second-order valence-corrected chi connectivity index (χ2v) is 11.5. The van der Waals surface area contributed by atoms with Crippen molar-refractivity contribution in [2.24, 2.45) is 16.6 Å². The molecule has 9 heteroatoms. The molecule has 186 valence electrons. The van der Waals surface area contributed by atoms with Crippen LogP contribution in [0.5, 0.6) is 0 Å². The molecule has 6 nitrogen and oxygen atoms in total. The van der Waals surface area contributed by atoms with E-state index in [2.05, 4.69) is 23.8 Å². The van der Waals surface area contributed by atoms with Crippen LogP contribution in [0.25, 0.3) is 11.9 Å². The van der Waals surface area contributed by atoms with Crippen LogP contribution in [0.3, 0.4) is 0 Å². The van der Waals surface area contributed by atoms with Gasteiger partial charge in [-0.25, -0.2) is 8.78 Å². The summed E-state index contributed by atoms with van der Waals surface area (Å²) >= 11 is 1.29. The number of halogens is 2. The molecule has 5 atom stereocenters. The first kappa shape index (κ1) is 24.4. The van der Waals surface area contributed by atoms with Gasteiger partial charge in [-0.05, 0) is 75.9 Å². The maximum Gasteiger partial charge on any atom is 0.240 e. The van der Waals surface area contributed by atoms with Crippen LogP contribution in [0, 0.1) is 23.1 Å². The van der Waals surface area contributed by atoms with E-state index in [1.165, 1.54) is 48.3 Å². The van der Waals surface area contributed by atoms with Crippen molar-refractivity contribution in [3.05, 3.63) is 64.7 Å². The molecular weight excluding hydrogens is 480 g/mol. The Labute approximate surface area is 213 Å². The maximum atomic E-state index is 15.2. The van der Waals surface area contributed by atoms with Crippen molar-refractivity contribution in [3.8, 4) is 6.07 Å². The molecule has 0 unspecified atom stereocenters. The summed E-state index contributed by atoms with van der Waals surface area (Å²) in [5.74, 6) is -1.27. The van der Waals surface area contributed by atoms with Gasteiger partial charge in [0, 0.05) is 29.8 Å². The molecule has 1 saturated carbocycles. The fraction of sp³-hybridized carbons (Fsp3) is 0.407. The molecule has 1 amide bonds. The highest BCUT2D eigenvalue weighted by molar-refractivity contribution is 8.15. The number of pyridine rings is 1. The lowest BCUT2D eigenvalue weighted by Crippen LogP contribution is -2.49. The van der Waals surface area contributed by atoms with E-state index < -0.39 is 21.9 Å². The Kier molecular flexibility index (Phi) is 5.91. The Bertz CT molecular complexity index is 1330. The van der Waals surface area contributed by atoms with E-state index in [1.54, 1.807) is 13.0 Å². The van der Waals surface area contributed by atoms with Gasteiger partial charge in [0.05, 0.1) is 16.8 Å². The lowest BCUT2D eigenvalue weighted by atomic mass is 9.84. The standard InChI is InChI=1S/C27H27F2N5OS/c1-15-4-5-16(2)34(15)24(35)27-12-23(27)26(3,33-25(31)36-27)19-10-17(6-8-20(19)28)11-21(29)22-9-7-18(13-30)14-32-22/h6-11,14-16,23H,4-5,12H2,1-3H3,(H2,31,33)/b21-11-/t15-,16-,23+,26-,27+/m1/s1. The lowest BCUT2D eigenvalue weighted by molar-refractivity contribution is -0.134. The monoisotopic (exact) mass is 507 g/mol. The van der Waals surface area contributed by atoms with E-state index >= 15 is 4.39 Å². The van der Waals surface area contributed by atoms with Gasteiger partial charge in [0.1, 0.15) is 22.5 Å². The van der Waals surface area contributed by atoms with Crippen LogP contribution in [0.4, 0.5) is 8.78 Å². The predicted octanol–water partition coefficient (Wildman–Crippen LogP) is 4.99.